The van der Waals surface area contributed by atoms with Gasteiger partial charge < -0.3 is 9.64 Å². The Morgan fingerprint density at radius 1 is 1.41 bits per heavy atom. The number of benzene rings is 1. The summed E-state index contributed by atoms with van der Waals surface area (Å²) in [7, 11) is 3.23. The first-order chi connectivity index (χ1) is 10.7. The highest BCUT2D eigenvalue weighted by Gasteiger charge is 2.20. The molecule has 0 aliphatic rings. The Labute approximate surface area is 132 Å². The van der Waals surface area contributed by atoms with Crippen molar-refractivity contribution < 1.29 is 9.53 Å². The van der Waals surface area contributed by atoms with Gasteiger partial charge in [0.25, 0.3) is 0 Å². The lowest BCUT2D eigenvalue weighted by Crippen LogP contribution is -2.22. The molecule has 0 saturated carbocycles. The van der Waals surface area contributed by atoms with Crippen molar-refractivity contribution in [2.45, 2.75) is 0 Å². The molecule has 0 amide bonds. The maximum Gasteiger partial charge on any atom is 0.350 e. The van der Waals surface area contributed by atoms with Crippen LogP contribution in [0.15, 0.2) is 41.5 Å². The molecular formula is C15H16N4O2S. The quantitative estimate of drug-likeness (QED) is 0.350. The van der Waals surface area contributed by atoms with Gasteiger partial charge in [-0.2, -0.15) is 0 Å². The molecule has 2 aromatic rings. The van der Waals surface area contributed by atoms with Gasteiger partial charge in [0.1, 0.15) is 4.88 Å². The van der Waals surface area contributed by atoms with Crippen molar-refractivity contribution in [1.82, 2.24) is 0 Å². The second kappa shape index (κ2) is 7.49. The van der Waals surface area contributed by atoms with E-state index >= 15 is 0 Å². The first-order valence-corrected chi connectivity index (χ1v) is 7.48. The zero-order chi connectivity index (χ0) is 15.9. The summed E-state index contributed by atoms with van der Waals surface area (Å²) < 4.78 is 4.86. The molecule has 1 aromatic carbocycles. The average molecular weight is 316 g/mol. The van der Waals surface area contributed by atoms with Crippen molar-refractivity contribution in [3.63, 3.8) is 0 Å². The summed E-state index contributed by atoms with van der Waals surface area (Å²) >= 11 is 1.39. The summed E-state index contributed by atoms with van der Waals surface area (Å²) in [5, 5.41) is 3.52. The van der Waals surface area contributed by atoms with Gasteiger partial charge in [0.15, 0.2) is 0 Å². The van der Waals surface area contributed by atoms with Crippen molar-refractivity contribution in [2.75, 3.05) is 32.1 Å². The smallest absolute Gasteiger partial charge is 0.350 e. The predicted octanol–water partition coefficient (Wildman–Crippen LogP) is 3.95. The summed E-state index contributed by atoms with van der Waals surface area (Å²) in [6, 6.07) is 11.8. The summed E-state index contributed by atoms with van der Waals surface area (Å²) in [6.45, 7) is 0.864. The predicted molar refractivity (Wildman–Crippen MR) is 88.4 cm³/mol. The van der Waals surface area contributed by atoms with Gasteiger partial charge in [0.05, 0.1) is 12.8 Å². The lowest BCUT2D eigenvalue weighted by molar-refractivity contribution is 0.0607. The fourth-order valence-corrected chi connectivity index (χ4v) is 3.14. The highest BCUT2D eigenvalue weighted by Crippen LogP contribution is 2.36. The van der Waals surface area contributed by atoms with E-state index < -0.39 is 0 Å². The van der Waals surface area contributed by atoms with Crippen LogP contribution in [0.1, 0.15) is 9.67 Å². The Hall–Kier alpha value is -2.50. The van der Waals surface area contributed by atoms with Crippen molar-refractivity contribution >= 4 is 23.0 Å². The Bertz CT molecular complexity index is 693. The van der Waals surface area contributed by atoms with Gasteiger partial charge in [-0.25, -0.2) is 4.79 Å². The van der Waals surface area contributed by atoms with E-state index in [2.05, 4.69) is 10.0 Å². The van der Waals surface area contributed by atoms with Crippen molar-refractivity contribution in [3.8, 4) is 10.4 Å². The van der Waals surface area contributed by atoms with E-state index in [4.69, 9.17) is 10.3 Å². The van der Waals surface area contributed by atoms with Gasteiger partial charge in [0.2, 0.25) is 0 Å². The maximum atomic E-state index is 12.0. The van der Waals surface area contributed by atoms with Crippen LogP contribution in [-0.2, 0) is 4.74 Å². The van der Waals surface area contributed by atoms with Gasteiger partial charge in [-0.3, -0.25) is 0 Å². The van der Waals surface area contributed by atoms with E-state index in [0.29, 0.717) is 18.0 Å². The molecule has 2 rings (SSSR count). The fraction of sp³-hybridized carbons (Fsp3) is 0.267. The van der Waals surface area contributed by atoms with E-state index in [1.165, 1.54) is 18.4 Å². The minimum atomic E-state index is -0.363. The number of carbonyl (C=O) groups excluding carboxylic acids is 1. The highest BCUT2D eigenvalue weighted by atomic mass is 32.1. The lowest BCUT2D eigenvalue weighted by atomic mass is 10.2. The Morgan fingerprint density at radius 3 is 2.77 bits per heavy atom. The third-order valence-corrected chi connectivity index (χ3v) is 4.30. The zero-order valence-electron chi connectivity index (χ0n) is 12.4. The Kier molecular flexibility index (Phi) is 5.41. The first kappa shape index (κ1) is 15.9. The van der Waals surface area contributed by atoms with Crippen molar-refractivity contribution in [1.29, 1.82) is 0 Å². The van der Waals surface area contributed by atoms with E-state index in [0.717, 1.165) is 16.1 Å². The number of methoxy groups -OCH3 is 1. The molecule has 0 aliphatic carbocycles. The van der Waals surface area contributed by atoms with Crippen molar-refractivity contribution in [2.24, 2.45) is 5.11 Å². The van der Waals surface area contributed by atoms with Crippen LogP contribution >= 0.6 is 11.3 Å². The molecule has 6 nitrogen and oxygen atoms in total. The van der Waals surface area contributed by atoms with Crippen LogP contribution in [0.4, 0.5) is 5.69 Å². The van der Waals surface area contributed by atoms with Crippen LogP contribution in [0.5, 0.6) is 0 Å². The normalized spacial score (nSPS) is 9.91. The standard InChI is InChI=1S/C15H16N4O2S/c1-19(9-8-17-18-16)12-10-13(11-6-4-3-5-7-11)22-14(12)15(20)21-2/h3-7,10H,8-9H2,1-2H3. The van der Waals surface area contributed by atoms with E-state index in [9.17, 15) is 4.79 Å². The van der Waals surface area contributed by atoms with Crippen LogP contribution in [0, 0.1) is 0 Å². The van der Waals surface area contributed by atoms with E-state index in [1.807, 2.05) is 48.3 Å². The first-order valence-electron chi connectivity index (χ1n) is 6.67. The molecule has 0 bridgehead atoms. The van der Waals surface area contributed by atoms with Gasteiger partial charge in [0, 0.05) is 29.9 Å². The minimum Gasteiger partial charge on any atom is -0.465 e. The molecule has 0 spiro atoms. The lowest BCUT2D eigenvalue weighted by Gasteiger charge is -2.17. The summed E-state index contributed by atoms with van der Waals surface area (Å²) in [6.07, 6.45) is 0. The fourth-order valence-electron chi connectivity index (χ4n) is 2.01. The summed E-state index contributed by atoms with van der Waals surface area (Å²) in [4.78, 5) is 18.2. The van der Waals surface area contributed by atoms with Crippen molar-refractivity contribution in [3.05, 3.63) is 51.7 Å². The Morgan fingerprint density at radius 2 is 2.14 bits per heavy atom. The molecule has 1 aromatic heterocycles. The molecule has 22 heavy (non-hydrogen) atoms. The number of nitrogens with zero attached hydrogens (tertiary/aromatic N) is 4. The third kappa shape index (κ3) is 3.58. The molecule has 1 heterocycles. The average Bonchev–Trinajstić information content (AvgIpc) is 3.00. The molecule has 0 unspecified atom stereocenters. The molecule has 0 radical (unpaired) electrons. The monoisotopic (exact) mass is 316 g/mol. The van der Waals surface area contributed by atoms with Crippen LogP contribution in [-0.4, -0.2) is 33.2 Å². The SMILES string of the molecule is COC(=O)c1sc(-c2ccccc2)cc1N(C)CCN=[N+]=[N-]. The van der Waals surface area contributed by atoms with Gasteiger partial charge in [-0.1, -0.05) is 35.4 Å². The third-order valence-electron chi connectivity index (χ3n) is 3.15. The van der Waals surface area contributed by atoms with Crippen LogP contribution in [0.2, 0.25) is 0 Å². The number of azide groups is 1. The molecule has 0 atom stereocenters. The highest BCUT2D eigenvalue weighted by molar-refractivity contribution is 7.18. The molecule has 7 heteroatoms. The molecule has 0 fully saturated rings. The minimum absolute atomic E-state index is 0.337. The number of thiophene rings is 1. The molecule has 0 N–H and O–H groups in total. The second-order valence-corrected chi connectivity index (χ2v) is 5.61. The van der Waals surface area contributed by atoms with Gasteiger partial charge in [-0.15, -0.1) is 11.3 Å². The van der Waals surface area contributed by atoms with Crippen LogP contribution in [0.25, 0.3) is 20.9 Å². The number of carbonyl (C=O) groups is 1. The van der Waals surface area contributed by atoms with E-state index in [1.54, 1.807) is 0 Å². The number of ether oxygens (including phenoxy) is 1. The number of hydrogen-bond donors (Lipinski definition) is 0. The largest absolute Gasteiger partial charge is 0.465 e. The summed E-state index contributed by atoms with van der Waals surface area (Å²) in [5.74, 6) is -0.363. The number of rotatable bonds is 6. The van der Waals surface area contributed by atoms with Gasteiger partial charge in [-0.05, 0) is 17.2 Å². The maximum absolute atomic E-state index is 12.0. The number of anilines is 1. The van der Waals surface area contributed by atoms with Gasteiger partial charge >= 0.3 is 5.97 Å². The molecule has 0 aliphatic heterocycles. The second-order valence-electron chi connectivity index (χ2n) is 4.56. The molecule has 0 saturated heterocycles. The Balaban J connectivity index is 2.36. The topological polar surface area (TPSA) is 78.3 Å². The van der Waals surface area contributed by atoms with Crippen LogP contribution in [0.3, 0.4) is 0 Å². The molecular weight excluding hydrogens is 300 g/mol. The summed E-state index contributed by atoms with van der Waals surface area (Å²) in [5.41, 5.74) is 10.2. The van der Waals surface area contributed by atoms with E-state index in [-0.39, 0.29) is 5.97 Å². The van der Waals surface area contributed by atoms with Crippen LogP contribution < -0.4 is 4.90 Å². The number of esters is 1. The zero-order valence-corrected chi connectivity index (χ0v) is 13.2. The molecule has 114 valence electrons. The number of hydrogen-bond acceptors (Lipinski definition) is 5. The number of likely N-dealkylation sites (N-methyl/N-ethyl adjacent to an activating group) is 1.